The lowest BCUT2D eigenvalue weighted by atomic mass is 10.1. The number of anilines is 3. The molecule has 0 spiro atoms. The lowest BCUT2D eigenvalue weighted by Gasteiger charge is -2.18. The van der Waals surface area contributed by atoms with Gasteiger partial charge >= 0.3 is 6.18 Å². The molecule has 174 valence electrons. The Morgan fingerprint density at radius 3 is 2.85 bits per heavy atom. The lowest BCUT2D eigenvalue weighted by molar-refractivity contribution is -0.138. The largest absolute Gasteiger partial charge is 0.493 e. The summed E-state index contributed by atoms with van der Waals surface area (Å²) in [5, 5.41) is 7.90. The number of nitrogens with zero attached hydrogens (tertiary/aromatic N) is 1. The van der Waals surface area contributed by atoms with Crippen molar-refractivity contribution in [2.24, 2.45) is 0 Å². The van der Waals surface area contributed by atoms with Gasteiger partial charge in [0.25, 0.3) is 5.91 Å². The molecule has 10 heteroatoms. The van der Waals surface area contributed by atoms with E-state index in [9.17, 15) is 18.0 Å². The molecule has 0 radical (unpaired) electrons. The molecule has 6 nitrogen and oxygen atoms in total. The first-order valence-electron chi connectivity index (χ1n) is 10.5. The summed E-state index contributed by atoms with van der Waals surface area (Å²) in [5.41, 5.74) is 1.35. The Morgan fingerprint density at radius 1 is 1.21 bits per heavy atom. The van der Waals surface area contributed by atoms with Crippen LogP contribution in [-0.4, -0.2) is 24.1 Å². The molecule has 2 aromatic carbocycles. The van der Waals surface area contributed by atoms with Gasteiger partial charge in [-0.3, -0.25) is 4.79 Å². The molecule has 0 fully saturated rings. The zero-order chi connectivity index (χ0) is 23.4. The molecule has 0 atom stereocenters. The van der Waals surface area contributed by atoms with Crippen LogP contribution in [0.2, 0.25) is 0 Å². The highest BCUT2D eigenvalue weighted by atomic mass is 32.1. The second-order valence-electron chi connectivity index (χ2n) is 7.47. The number of unbranched alkanes of at least 4 members (excludes halogenated alkanes) is 2. The van der Waals surface area contributed by atoms with E-state index in [4.69, 9.17) is 9.47 Å². The summed E-state index contributed by atoms with van der Waals surface area (Å²) in [6.07, 6.45) is -1.98. The number of hydrogen-bond acceptors (Lipinski definition) is 6. The van der Waals surface area contributed by atoms with Gasteiger partial charge in [-0.15, -0.1) is 11.3 Å². The first-order chi connectivity index (χ1) is 15.8. The van der Waals surface area contributed by atoms with Gasteiger partial charge in [0.1, 0.15) is 11.5 Å². The lowest BCUT2D eigenvalue weighted by Crippen LogP contribution is -2.25. The van der Waals surface area contributed by atoms with Gasteiger partial charge in [0.15, 0.2) is 11.7 Å². The van der Waals surface area contributed by atoms with Gasteiger partial charge in [0, 0.05) is 16.6 Å². The van der Waals surface area contributed by atoms with E-state index < -0.39 is 11.7 Å². The van der Waals surface area contributed by atoms with Crippen molar-refractivity contribution >= 4 is 33.8 Å². The number of thiazole rings is 1. The number of nitrogens with one attached hydrogen (secondary N) is 2. The molecular formula is C23H22F3N3O3S. The van der Waals surface area contributed by atoms with Crippen LogP contribution in [0.15, 0.2) is 41.8 Å². The van der Waals surface area contributed by atoms with Crippen LogP contribution in [0.3, 0.4) is 0 Å². The third kappa shape index (κ3) is 5.57. The number of carbonyl (C=O) groups excluding carboxylic acids is 1. The number of ether oxygens (including phenoxy) is 2. The van der Waals surface area contributed by atoms with Crippen molar-refractivity contribution in [3.05, 3.63) is 47.3 Å². The minimum atomic E-state index is -4.54. The molecule has 0 saturated carbocycles. The quantitative estimate of drug-likeness (QED) is 0.364. The number of amides is 1. The third-order valence-corrected chi connectivity index (χ3v) is 5.71. The number of fused-ring (bicyclic) bond motifs is 1. The molecule has 4 rings (SSSR count). The summed E-state index contributed by atoms with van der Waals surface area (Å²) in [4.78, 5) is 16.0. The molecule has 0 bridgehead atoms. The molecule has 33 heavy (non-hydrogen) atoms. The Morgan fingerprint density at radius 2 is 2.06 bits per heavy atom. The standard InChI is InChI=1S/C23H22F3N3O3S/c1-2-3-4-9-31-19-8-6-15(11-16(19)23(24,25)26)27-22-29-18(13-33-22)14-5-7-20-17(10-14)28-21(30)12-32-20/h5-8,10-11,13H,2-4,9,12H2,1H3,(H,27,29)(H,28,30). The summed E-state index contributed by atoms with van der Waals surface area (Å²) in [6, 6.07) is 9.20. The first-order valence-corrected chi connectivity index (χ1v) is 11.3. The van der Waals surface area contributed by atoms with E-state index in [-0.39, 0.29) is 30.6 Å². The van der Waals surface area contributed by atoms with E-state index in [1.165, 1.54) is 23.5 Å². The van der Waals surface area contributed by atoms with Crippen LogP contribution in [-0.2, 0) is 11.0 Å². The van der Waals surface area contributed by atoms with E-state index in [1.54, 1.807) is 17.5 Å². The van der Waals surface area contributed by atoms with Gasteiger partial charge in [-0.2, -0.15) is 13.2 Å². The predicted molar refractivity (Wildman–Crippen MR) is 121 cm³/mol. The highest BCUT2D eigenvalue weighted by Crippen LogP contribution is 2.39. The van der Waals surface area contributed by atoms with E-state index >= 15 is 0 Å². The molecule has 0 unspecified atom stereocenters. The first kappa shape index (κ1) is 22.9. The van der Waals surface area contributed by atoms with Gasteiger partial charge < -0.3 is 20.1 Å². The van der Waals surface area contributed by atoms with E-state index in [0.717, 1.165) is 24.5 Å². The molecule has 1 aliphatic rings. The molecule has 0 saturated heterocycles. The maximum absolute atomic E-state index is 13.6. The number of hydrogen-bond donors (Lipinski definition) is 2. The average Bonchev–Trinajstić information content (AvgIpc) is 3.24. The molecule has 2 N–H and O–H groups in total. The smallest absolute Gasteiger partial charge is 0.420 e. The van der Waals surface area contributed by atoms with Crippen LogP contribution in [0.5, 0.6) is 11.5 Å². The average molecular weight is 478 g/mol. The SMILES string of the molecule is CCCCCOc1ccc(Nc2nc(-c3ccc4c(c3)NC(=O)CO4)cs2)cc1C(F)(F)F. The summed E-state index contributed by atoms with van der Waals surface area (Å²) in [6.45, 7) is 2.23. The highest BCUT2D eigenvalue weighted by Gasteiger charge is 2.34. The van der Waals surface area contributed by atoms with Crippen LogP contribution < -0.4 is 20.1 Å². The number of halogens is 3. The maximum Gasteiger partial charge on any atom is 0.420 e. The fourth-order valence-corrected chi connectivity index (χ4v) is 4.06. The van der Waals surface area contributed by atoms with Gasteiger partial charge in [0.2, 0.25) is 0 Å². The third-order valence-electron chi connectivity index (χ3n) is 4.95. The van der Waals surface area contributed by atoms with E-state index in [0.29, 0.717) is 28.7 Å². The second-order valence-corrected chi connectivity index (χ2v) is 8.33. The van der Waals surface area contributed by atoms with Crippen molar-refractivity contribution in [1.29, 1.82) is 0 Å². The van der Waals surface area contributed by atoms with Crippen molar-refractivity contribution in [3.8, 4) is 22.8 Å². The summed E-state index contributed by atoms with van der Waals surface area (Å²) >= 11 is 1.26. The van der Waals surface area contributed by atoms with Crippen molar-refractivity contribution in [2.45, 2.75) is 32.4 Å². The van der Waals surface area contributed by atoms with Gasteiger partial charge in [-0.1, -0.05) is 19.8 Å². The minimum Gasteiger partial charge on any atom is -0.493 e. The van der Waals surface area contributed by atoms with Crippen molar-refractivity contribution in [1.82, 2.24) is 4.98 Å². The minimum absolute atomic E-state index is 0.0282. The zero-order valence-electron chi connectivity index (χ0n) is 17.8. The van der Waals surface area contributed by atoms with Crippen molar-refractivity contribution in [3.63, 3.8) is 0 Å². The molecule has 1 aromatic heterocycles. The topological polar surface area (TPSA) is 72.5 Å². The monoisotopic (exact) mass is 477 g/mol. The van der Waals surface area contributed by atoms with Crippen LogP contribution in [0.25, 0.3) is 11.3 Å². The van der Waals surface area contributed by atoms with Crippen molar-refractivity contribution < 1.29 is 27.4 Å². The van der Waals surface area contributed by atoms with Gasteiger partial charge in [-0.05, 0) is 42.8 Å². The Kier molecular flexibility index (Phi) is 6.73. The Balaban J connectivity index is 1.51. The molecule has 2 heterocycles. The number of aromatic nitrogens is 1. The Bertz CT molecular complexity index is 1150. The zero-order valence-corrected chi connectivity index (χ0v) is 18.6. The van der Waals surface area contributed by atoms with E-state index in [1.807, 2.05) is 13.0 Å². The Labute approximate surface area is 192 Å². The number of benzene rings is 2. The fraction of sp³-hybridized carbons (Fsp3) is 0.304. The number of rotatable bonds is 8. The summed E-state index contributed by atoms with van der Waals surface area (Å²) in [5.74, 6) is 0.157. The Hall–Kier alpha value is -3.27. The van der Waals surface area contributed by atoms with Crippen LogP contribution in [0.4, 0.5) is 29.7 Å². The molecule has 0 aliphatic carbocycles. The molecule has 1 amide bonds. The molecule has 3 aromatic rings. The van der Waals surface area contributed by atoms with Crippen LogP contribution in [0.1, 0.15) is 31.7 Å². The summed E-state index contributed by atoms with van der Waals surface area (Å²) < 4.78 is 51.5. The predicted octanol–water partition coefficient (Wildman–Crippen LogP) is 6.47. The van der Waals surface area contributed by atoms with Gasteiger partial charge in [0.05, 0.1) is 23.6 Å². The molecule has 1 aliphatic heterocycles. The normalized spacial score (nSPS) is 13.2. The fourth-order valence-electron chi connectivity index (χ4n) is 3.32. The highest BCUT2D eigenvalue weighted by molar-refractivity contribution is 7.14. The molecular weight excluding hydrogens is 455 g/mol. The summed E-state index contributed by atoms with van der Waals surface area (Å²) in [7, 11) is 0. The second kappa shape index (κ2) is 9.70. The van der Waals surface area contributed by atoms with E-state index in [2.05, 4.69) is 15.6 Å². The van der Waals surface area contributed by atoms with Crippen molar-refractivity contribution in [2.75, 3.05) is 23.8 Å². The van der Waals surface area contributed by atoms with Crippen LogP contribution >= 0.6 is 11.3 Å². The number of alkyl halides is 3. The van der Waals surface area contributed by atoms with Crippen LogP contribution in [0, 0.1) is 0 Å². The number of carbonyl (C=O) groups is 1. The van der Waals surface area contributed by atoms with Gasteiger partial charge in [-0.25, -0.2) is 4.98 Å². The maximum atomic E-state index is 13.6.